The van der Waals surface area contributed by atoms with Gasteiger partial charge in [-0.25, -0.2) is 0 Å². The minimum Gasteiger partial charge on any atom is -0.480 e. The number of carboxylic acid groups (broad SMARTS) is 1. The van der Waals surface area contributed by atoms with Crippen molar-refractivity contribution < 1.29 is 14.8 Å². The second kappa shape index (κ2) is 6.46. The zero-order valence-electron chi connectivity index (χ0n) is 9.80. The Labute approximate surface area is 112 Å². The van der Waals surface area contributed by atoms with Gasteiger partial charge in [-0.3, -0.25) is 19.8 Å². The normalized spacial score (nSPS) is 10.6. The van der Waals surface area contributed by atoms with Crippen LogP contribution in [0.25, 0.3) is 0 Å². The van der Waals surface area contributed by atoms with Crippen molar-refractivity contribution in [1.82, 2.24) is 4.90 Å². The maximum absolute atomic E-state index is 10.9. The van der Waals surface area contributed by atoms with Crippen molar-refractivity contribution in [3.8, 4) is 0 Å². The smallest absolute Gasteiger partial charge is 0.317 e. The summed E-state index contributed by atoms with van der Waals surface area (Å²) >= 11 is 3.26. The summed E-state index contributed by atoms with van der Waals surface area (Å²) in [7, 11) is 0. The fourth-order valence-corrected chi connectivity index (χ4v) is 2.05. The van der Waals surface area contributed by atoms with Crippen molar-refractivity contribution in [3.63, 3.8) is 0 Å². The molecule has 0 amide bonds. The Kier molecular flexibility index (Phi) is 5.24. The quantitative estimate of drug-likeness (QED) is 0.643. The standard InChI is InChI=1S/C11H13BrN2O4/c1-2-13(7-11(15)16)6-8-9(12)4-3-5-10(8)14(17)18/h3-5H,2,6-7H2,1H3,(H,15,16). The molecule has 0 spiro atoms. The van der Waals surface area contributed by atoms with E-state index in [0.717, 1.165) is 0 Å². The first-order valence-electron chi connectivity index (χ1n) is 5.31. The molecule has 1 rings (SSSR count). The van der Waals surface area contributed by atoms with Gasteiger partial charge in [-0.1, -0.05) is 28.9 Å². The van der Waals surface area contributed by atoms with Gasteiger partial charge in [0.05, 0.1) is 17.0 Å². The van der Waals surface area contributed by atoms with Gasteiger partial charge in [0, 0.05) is 17.1 Å². The van der Waals surface area contributed by atoms with E-state index in [0.29, 0.717) is 16.6 Å². The topological polar surface area (TPSA) is 83.7 Å². The molecule has 18 heavy (non-hydrogen) atoms. The van der Waals surface area contributed by atoms with Gasteiger partial charge in [0.25, 0.3) is 5.69 Å². The maximum Gasteiger partial charge on any atom is 0.317 e. The van der Waals surface area contributed by atoms with Gasteiger partial charge in [0.2, 0.25) is 0 Å². The predicted octanol–water partition coefficient (Wildman–Crippen LogP) is 2.26. The van der Waals surface area contributed by atoms with E-state index in [1.165, 1.54) is 6.07 Å². The highest BCUT2D eigenvalue weighted by molar-refractivity contribution is 9.10. The number of nitro benzene ring substituents is 1. The van der Waals surface area contributed by atoms with Crippen molar-refractivity contribution in [3.05, 3.63) is 38.3 Å². The Morgan fingerprint density at radius 3 is 2.72 bits per heavy atom. The third-order valence-electron chi connectivity index (χ3n) is 2.48. The number of benzene rings is 1. The molecule has 0 heterocycles. The lowest BCUT2D eigenvalue weighted by Crippen LogP contribution is -2.29. The zero-order chi connectivity index (χ0) is 13.7. The van der Waals surface area contributed by atoms with Crippen molar-refractivity contribution >= 4 is 27.6 Å². The number of nitro groups is 1. The Balaban J connectivity index is 3.01. The molecular weight excluding hydrogens is 304 g/mol. The van der Waals surface area contributed by atoms with Crippen LogP contribution in [-0.2, 0) is 11.3 Å². The van der Waals surface area contributed by atoms with E-state index in [-0.39, 0.29) is 18.8 Å². The van der Waals surface area contributed by atoms with Gasteiger partial charge in [0.15, 0.2) is 0 Å². The van der Waals surface area contributed by atoms with Crippen LogP contribution in [0.2, 0.25) is 0 Å². The summed E-state index contributed by atoms with van der Waals surface area (Å²) in [5, 5.41) is 19.7. The number of nitrogens with zero attached hydrogens (tertiary/aromatic N) is 2. The van der Waals surface area contributed by atoms with E-state index in [2.05, 4.69) is 15.9 Å². The molecule has 1 aromatic carbocycles. The molecule has 0 unspecified atom stereocenters. The molecule has 0 fully saturated rings. The fourth-order valence-electron chi connectivity index (χ4n) is 1.57. The molecule has 1 N–H and O–H groups in total. The largest absolute Gasteiger partial charge is 0.480 e. The van der Waals surface area contributed by atoms with Crippen LogP contribution < -0.4 is 0 Å². The molecule has 0 bridgehead atoms. The summed E-state index contributed by atoms with van der Waals surface area (Å²) in [6.45, 7) is 2.39. The second-order valence-corrected chi connectivity index (χ2v) is 4.55. The molecule has 0 saturated carbocycles. The molecule has 1 aromatic rings. The molecule has 98 valence electrons. The van der Waals surface area contributed by atoms with E-state index in [1.54, 1.807) is 17.0 Å². The van der Waals surface area contributed by atoms with Crippen LogP contribution in [0.15, 0.2) is 22.7 Å². The minimum atomic E-state index is -0.952. The van der Waals surface area contributed by atoms with Gasteiger partial charge in [0.1, 0.15) is 0 Å². The lowest BCUT2D eigenvalue weighted by atomic mass is 10.1. The fraction of sp³-hybridized carbons (Fsp3) is 0.364. The highest BCUT2D eigenvalue weighted by Gasteiger charge is 2.19. The SMILES string of the molecule is CCN(CC(=O)O)Cc1c(Br)cccc1[N+](=O)[O-]. The van der Waals surface area contributed by atoms with Crippen LogP contribution in [0, 0.1) is 10.1 Å². The van der Waals surface area contributed by atoms with Gasteiger partial charge >= 0.3 is 5.97 Å². The van der Waals surface area contributed by atoms with Crippen molar-refractivity contribution in [1.29, 1.82) is 0 Å². The number of carboxylic acids is 1. The van der Waals surface area contributed by atoms with Gasteiger partial charge in [-0.15, -0.1) is 0 Å². The van der Waals surface area contributed by atoms with Crippen LogP contribution >= 0.6 is 15.9 Å². The molecule has 0 atom stereocenters. The molecular formula is C11H13BrN2O4. The number of aliphatic carboxylic acids is 1. The Hall–Kier alpha value is -1.47. The molecule has 0 aliphatic rings. The molecule has 6 nitrogen and oxygen atoms in total. The summed E-state index contributed by atoms with van der Waals surface area (Å²) in [6.07, 6.45) is 0. The van der Waals surface area contributed by atoms with Crippen molar-refractivity contribution in [2.24, 2.45) is 0 Å². The van der Waals surface area contributed by atoms with E-state index in [1.807, 2.05) is 6.92 Å². The van der Waals surface area contributed by atoms with Crippen LogP contribution in [0.1, 0.15) is 12.5 Å². The van der Waals surface area contributed by atoms with Gasteiger partial charge in [-0.05, 0) is 12.6 Å². The molecule has 0 aromatic heterocycles. The molecule has 0 saturated heterocycles. The Morgan fingerprint density at radius 2 is 2.22 bits per heavy atom. The summed E-state index contributed by atoms with van der Waals surface area (Å²) in [5.74, 6) is -0.952. The van der Waals surface area contributed by atoms with E-state index in [4.69, 9.17) is 5.11 Å². The van der Waals surface area contributed by atoms with Crippen molar-refractivity contribution in [2.75, 3.05) is 13.1 Å². The third kappa shape index (κ3) is 3.78. The van der Waals surface area contributed by atoms with Crippen LogP contribution in [0.3, 0.4) is 0 Å². The number of hydrogen-bond acceptors (Lipinski definition) is 4. The average Bonchev–Trinajstić information content (AvgIpc) is 2.29. The highest BCUT2D eigenvalue weighted by atomic mass is 79.9. The summed E-state index contributed by atoms with van der Waals surface area (Å²) < 4.78 is 0.612. The first kappa shape index (κ1) is 14.6. The molecule has 7 heteroatoms. The number of rotatable bonds is 6. The second-order valence-electron chi connectivity index (χ2n) is 3.69. The number of halogens is 1. The monoisotopic (exact) mass is 316 g/mol. The maximum atomic E-state index is 10.9. The van der Waals surface area contributed by atoms with Crippen LogP contribution in [0.4, 0.5) is 5.69 Å². The van der Waals surface area contributed by atoms with Crippen molar-refractivity contribution in [2.45, 2.75) is 13.5 Å². The van der Waals surface area contributed by atoms with E-state index >= 15 is 0 Å². The van der Waals surface area contributed by atoms with Crippen LogP contribution in [-0.4, -0.2) is 34.0 Å². The average molecular weight is 317 g/mol. The van der Waals surface area contributed by atoms with E-state index < -0.39 is 10.9 Å². The number of likely N-dealkylation sites (N-methyl/N-ethyl adjacent to an activating group) is 1. The molecule has 0 aliphatic carbocycles. The minimum absolute atomic E-state index is 0.00628. The zero-order valence-corrected chi connectivity index (χ0v) is 11.4. The summed E-state index contributed by atoms with van der Waals surface area (Å²) in [5.41, 5.74) is 0.485. The first-order valence-corrected chi connectivity index (χ1v) is 6.11. The van der Waals surface area contributed by atoms with Gasteiger partial charge < -0.3 is 5.11 Å². The molecule has 0 radical (unpaired) electrons. The number of carbonyl (C=O) groups is 1. The summed E-state index contributed by atoms with van der Waals surface area (Å²) in [6, 6.07) is 4.70. The summed E-state index contributed by atoms with van der Waals surface area (Å²) in [4.78, 5) is 22.7. The number of hydrogen-bond donors (Lipinski definition) is 1. The lowest BCUT2D eigenvalue weighted by Gasteiger charge is -2.18. The Bertz CT molecular complexity index is 464. The van der Waals surface area contributed by atoms with Gasteiger partial charge in [-0.2, -0.15) is 0 Å². The Morgan fingerprint density at radius 1 is 1.56 bits per heavy atom. The lowest BCUT2D eigenvalue weighted by molar-refractivity contribution is -0.385. The van der Waals surface area contributed by atoms with E-state index in [9.17, 15) is 14.9 Å². The first-order chi connectivity index (χ1) is 8.45. The third-order valence-corrected chi connectivity index (χ3v) is 3.22. The van der Waals surface area contributed by atoms with Crippen LogP contribution in [0.5, 0.6) is 0 Å². The highest BCUT2D eigenvalue weighted by Crippen LogP contribution is 2.27. The predicted molar refractivity (Wildman–Crippen MR) is 69.4 cm³/mol. The molecule has 0 aliphatic heterocycles.